The van der Waals surface area contributed by atoms with Gasteiger partial charge in [0, 0.05) is 12.0 Å². The van der Waals surface area contributed by atoms with Gasteiger partial charge in [-0.05, 0) is 31.2 Å². The third kappa shape index (κ3) is 2.50. The number of nitrogens with one attached hydrogen (secondary N) is 2. The summed E-state index contributed by atoms with van der Waals surface area (Å²) in [4.78, 5) is 21.0. The molecule has 6 heteroatoms. The number of rotatable bonds is 5. The van der Waals surface area contributed by atoms with E-state index in [9.17, 15) is 4.79 Å². The molecule has 104 valence electrons. The van der Waals surface area contributed by atoms with Gasteiger partial charge < -0.3 is 14.5 Å². The quantitative estimate of drug-likeness (QED) is 0.695. The van der Waals surface area contributed by atoms with E-state index in [4.69, 9.17) is 9.47 Å². The van der Waals surface area contributed by atoms with E-state index in [1.165, 1.54) is 0 Å². The number of H-pyrrole nitrogens is 2. The molecule has 0 atom stereocenters. The Morgan fingerprint density at radius 3 is 2.95 bits per heavy atom. The number of ether oxygens (including phenoxy) is 2. The predicted molar refractivity (Wildman–Crippen MR) is 76.2 cm³/mol. The third-order valence-corrected chi connectivity index (χ3v) is 2.97. The molecule has 2 N–H and O–H groups in total. The van der Waals surface area contributed by atoms with Crippen molar-refractivity contribution in [2.24, 2.45) is 0 Å². The molecule has 3 aromatic rings. The zero-order valence-electron chi connectivity index (χ0n) is 11.1. The summed E-state index contributed by atoms with van der Waals surface area (Å²) in [5.41, 5.74) is 1.81. The monoisotopic (exact) mass is 273 g/mol. The maximum atomic E-state index is 11.2. The van der Waals surface area contributed by atoms with Crippen LogP contribution in [0.25, 0.3) is 22.1 Å². The number of aromatic nitrogens is 3. The molecule has 0 aliphatic heterocycles. The Balaban J connectivity index is 1.89. The number of benzene rings is 1. The summed E-state index contributed by atoms with van der Waals surface area (Å²) < 4.78 is 10.8. The standard InChI is InChI=1S/C14H15N3O3/c1-2-19-5-6-20-10-3-4-11-9(7-10)8-12-13(15-11)17-14(18)16-12/h3-4,7-8H,2,5-6H2,1H3,(H2,15,16,17,18). The Bertz CT molecular complexity index is 791. The van der Waals surface area contributed by atoms with E-state index in [1.807, 2.05) is 31.2 Å². The van der Waals surface area contributed by atoms with Crippen molar-refractivity contribution in [3.8, 4) is 5.75 Å². The van der Waals surface area contributed by atoms with Crippen molar-refractivity contribution in [2.75, 3.05) is 19.8 Å². The molecule has 1 aromatic carbocycles. The minimum Gasteiger partial charge on any atom is -0.491 e. The highest BCUT2D eigenvalue weighted by Gasteiger charge is 2.04. The van der Waals surface area contributed by atoms with Gasteiger partial charge >= 0.3 is 5.69 Å². The van der Waals surface area contributed by atoms with Crippen LogP contribution in [0.5, 0.6) is 5.75 Å². The van der Waals surface area contributed by atoms with Crippen molar-refractivity contribution in [1.29, 1.82) is 0 Å². The molecule has 0 amide bonds. The highest BCUT2D eigenvalue weighted by molar-refractivity contribution is 5.89. The van der Waals surface area contributed by atoms with Crippen molar-refractivity contribution >= 4 is 22.1 Å². The molecule has 0 saturated carbocycles. The number of hydrogen-bond acceptors (Lipinski definition) is 4. The smallest absolute Gasteiger partial charge is 0.325 e. The maximum Gasteiger partial charge on any atom is 0.325 e. The summed E-state index contributed by atoms with van der Waals surface area (Å²) in [5, 5.41) is 0.918. The van der Waals surface area contributed by atoms with Crippen LogP contribution in [0, 0.1) is 0 Å². The number of aromatic amines is 2. The summed E-state index contributed by atoms with van der Waals surface area (Å²) >= 11 is 0. The second-order valence-electron chi connectivity index (χ2n) is 4.36. The lowest BCUT2D eigenvalue weighted by molar-refractivity contribution is 0.110. The first-order chi connectivity index (χ1) is 9.76. The van der Waals surface area contributed by atoms with E-state index < -0.39 is 0 Å². The number of imidazole rings is 1. The van der Waals surface area contributed by atoms with Crippen molar-refractivity contribution in [3.63, 3.8) is 0 Å². The molecule has 0 spiro atoms. The van der Waals surface area contributed by atoms with E-state index in [0.29, 0.717) is 31.0 Å². The van der Waals surface area contributed by atoms with E-state index in [-0.39, 0.29) is 5.69 Å². The van der Waals surface area contributed by atoms with Gasteiger partial charge in [0.2, 0.25) is 0 Å². The molecule has 3 rings (SSSR count). The zero-order chi connectivity index (χ0) is 13.9. The molecule has 20 heavy (non-hydrogen) atoms. The Kier molecular flexibility index (Phi) is 3.39. The SMILES string of the molecule is CCOCCOc1ccc2nc3[nH]c(=O)[nH]c3cc2c1. The zero-order valence-corrected chi connectivity index (χ0v) is 11.1. The van der Waals surface area contributed by atoms with Gasteiger partial charge in [-0.25, -0.2) is 9.78 Å². The fourth-order valence-electron chi connectivity index (χ4n) is 2.06. The van der Waals surface area contributed by atoms with Crippen molar-refractivity contribution in [1.82, 2.24) is 15.0 Å². The van der Waals surface area contributed by atoms with Gasteiger partial charge in [0.05, 0.1) is 17.6 Å². The van der Waals surface area contributed by atoms with Crippen molar-refractivity contribution in [3.05, 3.63) is 34.7 Å². The average molecular weight is 273 g/mol. The molecule has 0 aliphatic carbocycles. The minimum atomic E-state index is -0.254. The minimum absolute atomic E-state index is 0.254. The lowest BCUT2D eigenvalue weighted by Gasteiger charge is -2.07. The van der Waals surface area contributed by atoms with E-state index in [2.05, 4.69) is 15.0 Å². The van der Waals surface area contributed by atoms with E-state index in [0.717, 1.165) is 16.7 Å². The van der Waals surface area contributed by atoms with E-state index >= 15 is 0 Å². The molecular formula is C14H15N3O3. The Morgan fingerprint density at radius 1 is 1.20 bits per heavy atom. The van der Waals surface area contributed by atoms with Gasteiger partial charge in [0.25, 0.3) is 0 Å². The third-order valence-electron chi connectivity index (χ3n) is 2.97. The van der Waals surface area contributed by atoms with Crippen LogP contribution in [0.1, 0.15) is 6.92 Å². The Morgan fingerprint density at radius 2 is 2.10 bits per heavy atom. The Hall–Kier alpha value is -2.34. The van der Waals surface area contributed by atoms with Crippen LogP contribution >= 0.6 is 0 Å². The highest BCUT2D eigenvalue weighted by Crippen LogP contribution is 2.21. The summed E-state index contributed by atoms with van der Waals surface area (Å²) in [7, 11) is 0. The molecule has 6 nitrogen and oxygen atoms in total. The second-order valence-corrected chi connectivity index (χ2v) is 4.36. The second kappa shape index (κ2) is 5.34. The van der Waals surface area contributed by atoms with Gasteiger partial charge in [0.15, 0.2) is 5.65 Å². The first-order valence-corrected chi connectivity index (χ1v) is 6.49. The average Bonchev–Trinajstić information content (AvgIpc) is 2.80. The van der Waals surface area contributed by atoms with Gasteiger partial charge in [-0.3, -0.25) is 4.98 Å². The van der Waals surface area contributed by atoms with Gasteiger partial charge in [-0.2, -0.15) is 0 Å². The number of nitrogens with zero attached hydrogens (tertiary/aromatic N) is 1. The fourth-order valence-corrected chi connectivity index (χ4v) is 2.06. The summed E-state index contributed by atoms with van der Waals surface area (Å²) in [6.07, 6.45) is 0. The first kappa shape index (κ1) is 12.7. The summed E-state index contributed by atoms with van der Waals surface area (Å²) in [6.45, 7) is 3.71. The largest absolute Gasteiger partial charge is 0.491 e. The molecule has 0 aliphatic rings. The van der Waals surface area contributed by atoms with E-state index in [1.54, 1.807) is 0 Å². The molecule has 0 radical (unpaired) electrons. The summed E-state index contributed by atoms with van der Waals surface area (Å²) in [5.74, 6) is 0.760. The van der Waals surface area contributed by atoms with Crippen LogP contribution in [0.4, 0.5) is 0 Å². The van der Waals surface area contributed by atoms with Gasteiger partial charge in [-0.1, -0.05) is 0 Å². The van der Waals surface area contributed by atoms with Crippen LogP contribution in [0.15, 0.2) is 29.1 Å². The maximum absolute atomic E-state index is 11.2. The number of fused-ring (bicyclic) bond motifs is 2. The topological polar surface area (TPSA) is 80.0 Å². The molecule has 0 saturated heterocycles. The van der Waals surface area contributed by atoms with Crippen LogP contribution in [0.3, 0.4) is 0 Å². The van der Waals surface area contributed by atoms with Crippen molar-refractivity contribution < 1.29 is 9.47 Å². The molecule has 0 fully saturated rings. The van der Waals surface area contributed by atoms with Crippen LogP contribution < -0.4 is 10.4 Å². The molecule has 0 bridgehead atoms. The Labute approximate surface area is 114 Å². The molecule has 2 heterocycles. The number of hydrogen-bond donors (Lipinski definition) is 2. The highest BCUT2D eigenvalue weighted by atomic mass is 16.5. The van der Waals surface area contributed by atoms with Crippen LogP contribution in [0.2, 0.25) is 0 Å². The van der Waals surface area contributed by atoms with Crippen molar-refractivity contribution in [2.45, 2.75) is 6.92 Å². The van der Waals surface area contributed by atoms with Gasteiger partial charge in [-0.15, -0.1) is 0 Å². The molecule has 0 unspecified atom stereocenters. The van der Waals surface area contributed by atoms with Crippen LogP contribution in [-0.4, -0.2) is 34.8 Å². The lowest BCUT2D eigenvalue weighted by Crippen LogP contribution is -2.06. The normalized spacial score (nSPS) is 11.2. The lowest BCUT2D eigenvalue weighted by atomic mass is 10.2. The molecular weight excluding hydrogens is 258 g/mol. The number of pyridine rings is 1. The summed E-state index contributed by atoms with van der Waals surface area (Å²) in [6, 6.07) is 7.51. The molecule has 2 aromatic heterocycles. The van der Waals surface area contributed by atoms with Crippen LogP contribution in [-0.2, 0) is 4.74 Å². The predicted octanol–water partition coefficient (Wildman–Crippen LogP) is 1.82. The first-order valence-electron chi connectivity index (χ1n) is 6.49. The van der Waals surface area contributed by atoms with Gasteiger partial charge in [0.1, 0.15) is 12.4 Å². The fraction of sp³-hybridized carbons (Fsp3) is 0.286.